The molecule has 1 atom stereocenters. The number of fused-ring (bicyclic) bond motifs is 1. The number of carbonyl (C=O) groups excluding carboxylic acids is 2. The van der Waals surface area contributed by atoms with Crippen molar-refractivity contribution < 1.29 is 24.5 Å². The third kappa shape index (κ3) is 2.20. The van der Waals surface area contributed by atoms with Gasteiger partial charge in [-0.15, -0.1) is 0 Å². The van der Waals surface area contributed by atoms with E-state index in [1.54, 1.807) is 6.07 Å². The van der Waals surface area contributed by atoms with Crippen molar-refractivity contribution in [2.75, 3.05) is 6.61 Å². The van der Waals surface area contributed by atoms with Crippen LogP contribution >= 0.6 is 0 Å². The fourth-order valence-electron chi connectivity index (χ4n) is 1.76. The van der Waals surface area contributed by atoms with Gasteiger partial charge < -0.3 is 14.9 Å². The molecular weight excluding hydrogens is 224 g/mol. The van der Waals surface area contributed by atoms with Crippen LogP contribution in [0.25, 0.3) is 0 Å². The number of aliphatic hydroxyl groups is 2. The second-order valence-electron chi connectivity index (χ2n) is 3.86. The molecule has 2 rings (SSSR count). The van der Waals surface area contributed by atoms with Gasteiger partial charge in [-0.1, -0.05) is 6.07 Å². The summed E-state index contributed by atoms with van der Waals surface area (Å²) >= 11 is 0. The summed E-state index contributed by atoms with van der Waals surface area (Å²) in [7, 11) is 0. The Morgan fingerprint density at radius 3 is 2.59 bits per heavy atom. The second kappa shape index (κ2) is 4.65. The molecule has 1 aliphatic heterocycles. The number of hydrogen-bond acceptors (Lipinski definition) is 5. The molecule has 1 aliphatic rings. The summed E-state index contributed by atoms with van der Waals surface area (Å²) in [6.45, 7) is 0.00251. The SMILES string of the molecule is O=C1OC(=O)c2cc(C(O)CCCO)ccc21. The highest BCUT2D eigenvalue weighted by Gasteiger charge is 2.30. The fraction of sp³-hybridized carbons (Fsp3) is 0.333. The van der Waals surface area contributed by atoms with Gasteiger partial charge in [0.25, 0.3) is 0 Å². The predicted octanol–water partition coefficient (Wildman–Crippen LogP) is 0.803. The molecule has 0 saturated heterocycles. The molecule has 90 valence electrons. The van der Waals surface area contributed by atoms with Crippen LogP contribution in [0.3, 0.4) is 0 Å². The van der Waals surface area contributed by atoms with Gasteiger partial charge in [0, 0.05) is 6.61 Å². The first kappa shape index (κ1) is 11.8. The van der Waals surface area contributed by atoms with Crippen LogP contribution in [0.5, 0.6) is 0 Å². The first-order valence-electron chi connectivity index (χ1n) is 5.33. The summed E-state index contributed by atoms with van der Waals surface area (Å²) in [5, 5.41) is 18.5. The Bertz CT molecular complexity index is 466. The summed E-state index contributed by atoms with van der Waals surface area (Å²) < 4.78 is 4.45. The van der Waals surface area contributed by atoms with E-state index in [-0.39, 0.29) is 17.7 Å². The molecule has 0 amide bonds. The molecule has 1 unspecified atom stereocenters. The maximum absolute atomic E-state index is 11.3. The lowest BCUT2D eigenvalue weighted by molar-refractivity contribution is 0.0443. The second-order valence-corrected chi connectivity index (χ2v) is 3.86. The highest BCUT2D eigenvalue weighted by atomic mass is 16.6. The van der Waals surface area contributed by atoms with Crippen molar-refractivity contribution in [2.24, 2.45) is 0 Å². The highest BCUT2D eigenvalue weighted by molar-refractivity contribution is 6.14. The van der Waals surface area contributed by atoms with Gasteiger partial charge in [-0.25, -0.2) is 9.59 Å². The Labute approximate surface area is 97.6 Å². The Kier molecular flexibility index (Phi) is 3.21. The summed E-state index contributed by atoms with van der Waals surface area (Å²) in [6.07, 6.45) is 0.121. The van der Waals surface area contributed by atoms with Crippen LogP contribution in [0.4, 0.5) is 0 Å². The van der Waals surface area contributed by atoms with Crippen LogP contribution in [0, 0.1) is 0 Å². The van der Waals surface area contributed by atoms with Crippen LogP contribution < -0.4 is 0 Å². The average molecular weight is 236 g/mol. The molecule has 0 aromatic heterocycles. The van der Waals surface area contributed by atoms with Gasteiger partial charge in [0.1, 0.15) is 0 Å². The lowest BCUT2D eigenvalue weighted by atomic mass is 10.00. The molecule has 1 heterocycles. The zero-order valence-electron chi connectivity index (χ0n) is 9.05. The van der Waals surface area contributed by atoms with Crippen molar-refractivity contribution in [3.8, 4) is 0 Å². The van der Waals surface area contributed by atoms with E-state index in [9.17, 15) is 14.7 Å². The van der Waals surface area contributed by atoms with Crippen molar-refractivity contribution in [1.29, 1.82) is 0 Å². The van der Waals surface area contributed by atoms with E-state index >= 15 is 0 Å². The van der Waals surface area contributed by atoms with Gasteiger partial charge in [-0.3, -0.25) is 0 Å². The number of hydrogen-bond donors (Lipinski definition) is 2. The number of esters is 2. The summed E-state index contributed by atoms with van der Waals surface area (Å²) in [6, 6.07) is 4.52. The number of rotatable bonds is 4. The van der Waals surface area contributed by atoms with Crippen LogP contribution in [-0.2, 0) is 4.74 Å². The minimum Gasteiger partial charge on any atom is -0.396 e. The van der Waals surface area contributed by atoms with Crippen molar-refractivity contribution in [3.05, 3.63) is 34.9 Å². The van der Waals surface area contributed by atoms with Gasteiger partial charge >= 0.3 is 11.9 Å². The average Bonchev–Trinajstić information content (AvgIpc) is 2.61. The van der Waals surface area contributed by atoms with Crippen molar-refractivity contribution in [2.45, 2.75) is 18.9 Å². The molecule has 0 radical (unpaired) electrons. The third-order valence-electron chi connectivity index (χ3n) is 2.69. The molecule has 0 fully saturated rings. The summed E-state index contributed by atoms with van der Waals surface area (Å²) in [5.74, 6) is -1.33. The smallest absolute Gasteiger partial charge is 0.346 e. The lowest BCUT2D eigenvalue weighted by Gasteiger charge is -2.10. The number of aliphatic hydroxyl groups excluding tert-OH is 2. The van der Waals surface area contributed by atoms with Gasteiger partial charge in [-0.05, 0) is 30.5 Å². The molecular formula is C12H12O5. The summed E-state index contributed by atoms with van der Waals surface area (Å²) in [5.41, 5.74) is 0.965. The van der Waals surface area contributed by atoms with E-state index in [4.69, 9.17) is 5.11 Å². The number of ether oxygens (including phenoxy) is 1. The van der Waals surface area contributed by atoms with Gasteiger partial charge in [-0.2, -0.15) is 0 Å². The quantitative estimate of drug-likeness (QED) is 0.596. The van der Waals surface area contributed by atoms with Crippen molar-refractivity contribution in [1.82, 2.24) is 0 Å². The Balaban J connectivity index is 2.25. The van der Waals surface area contributed by atoms with Gasteiger partial charge in [0.2, 0.25) is 0 Å². The van der Waals surface area contributed by atoms with Crippen LogP contribution in [-0.4, -0.2) is 28.8 Å². The maximum Gasteiger partial charge on any atom is 0.346 e. The Hall–Kier alpha value is -1.72. The van der Waals surface area contributed by atoms with Crippen LogP contribution in [0.1, 0.15) is 45.2 Å². The number of benzene rings is 1. The van der Waals surface area contributed by atoms with E-state index in [1.807, 2.05) is 0 Å². The third-order valence-corrected chi connectivity index (χ3v) is 2.69. The first-order valence-corrected chi connectivity index (χ1v) is 5.33. The molecule has 0 aliphatic carbocycles. The fourth-order valence-corrected chi connectivity index (χ4v) is 1.76. The van der Waals surface area contributed by atoms with Crippen LogP contribution in [0.2, 0.25) is 0 Å². The standard InChI is InChI=1S/C12H12O5/c13-5-1-2-10(14)7-3-4-8-9(6-7)12(16)17-11(8)15/h3-4,6,10,13-14H,1-2,5H2. The zero-order valence-corrected chi connectivity index (χ0v) is 9.05. The Morgan fingerprint density at radius 2 is 1.88 bits per heavy atom. The molecule has 17 heavy (non-hydrogen) atoms. The first-order chi connectivity index (χ1) is 8.13. The minimum absolute atomic E-state index is 0.00251. The monoisotopic (exact) mass is 236 g/mol. The zero-order chi connectivity index (χ0) is 12.4. The molecule has 5 heteroatoms. The number of cyclic esters (lactones) is 2. The molecule has 1 aromatic rings. The largest absolute Gasteiger partial charge is 0.396 e. The van der Waals surface area contributed by atoms with E-state index in [2.05, 4.69) is 4.74 Å². The molecule has 5 nitrogen and oxygen atoms in total. The van der Waals surface area contributed by atoms with Crippen molar-refractivity contribution in [3.63, 3.8) is 0 Å². The van der Waals surface area contributed by atoms with E-state index in [0.717, 1.165) is 0 Å². The maximum atomic E-state index is 11.3. The van der Waals surface area contributed by atoms with E-state index in [0.29, 0.717) is 18.4 Å². The predicted molar refractivity (Wildman–Crippen MR) is 57.5 cm³/mol. The lowest BCUT2D eigenvalue weighted by Crippen LogP contribution is -2.01. The van der Waals surface area contributed by atoms with E-state index in [1.165, 1.54) is 12.1 Å². The normalized spacial score (nSPS) is 15.6. The van der Waals surface area contributed by atoms with Gasteiger partial charge in [0.15, 0.2) is 0 Å². The van der Waals surface area contributed by atoms with Crippen molar-refractivity contribution >= 4 is 11.9 Å². The Morgan fingerprint density at radius 1 is 1.18 bits per heavy atom. The summed E-state index contributed by atoms with van der Waals surface area (Å²) in [4.78, 5) is 22.5. The van der Waals surface area contributed by atoms with E-state index < -0.39 is 18.0 Å². The molecule has 0 spiro atoms. The topological polar surface area (TPSA) is 83.8 Å². The minimum atomic E-state index is -0.754. The molecule has 0 saturated carbocycles. The molecule has 1 aromatic carbocycles. The number of carbonyl (C=O) groups is 2. The highest BCUT2D eigenvalue weighted by Crippen LogP contribution is 2.25. The van der Waals surface area contributed by atoms with Crippen LogP contribution in [0.15, 0.2) is 18.2 Å². The van der Waals surface area contributed by atoms with Gasteiger partial charge in [0.05, 0.1) is 17.2 Å². The molecule has 2 N–H and O–H groups in total. The molecule has 0 bridgehead atoms.